The average Bonchev–Trinajstić information content (AvgIpc) is 2.36. The molecule has 5 N–H and O–H groups in total. The zero-order valence-electron chi connectivity index (χ0n) is 10.4. The van der Waals surface area contributed by atoms with Crippen LogP contribution < -0.4 is 15.8 Å². The predicted octanol–water partition coefficient (Wildman–Crippen LogP) is -0.250. The molecule has 0 aliphatic heterocycles. The maximum Gasteiger partial charge on any atom is 0.253 e. The lowest BCUT2D eigenvalue weighted by atomic mass is 10.1. The van der Waals surface area contributed by atoms with E-state index < -0.39 is 18.1 Å². The summed E-state index contributed by atoms with van der Waals surface area (Å²) in [5.74, 6) is 0.148. The molecule has 0 spiro atoms. The predicted molar refractivity (Wildman–Crippen MR) is 67.4 cm³/mol. The third-order valence-corrected chi connectivity index (χ3v) is 2.47. The molecule has 0 saturated carbocycles. The van der Waals surface area contributed by atoms with Crippen LogP contribution in [0.3, 0.4) is 0 Å². The first-order valence-electron chi connectivity index (χ1n) is 5.44. The van der Waals surface area contributed by atoms with Crippen molar-refractivity contribution in [1.29, 1.82) is 0 Å². The van der Waals surface area contributed by atoms with Crippen LogP contribution in [-0.2, 0) is 0 Å². The van der Waals surface area contributed by atoms with E-state index in [9.17, 15) is 9.90 Å². The smallest absolute Gasteiger partial charge is 0.253 e. The summed E-state index contributed by atoms with van der Waals surface area (Å²) >= 11 is 0. The van der Waals surface area contributed by atoms with Gasteiger partial charge < -0.3 is 26.0 Å². The molecule has 18 heavy (non-hydrogen) atoms. The average molecular weight is 254 g/mol. The van der Waals surface area contributed by atoms with Gasteiger partial charge in [0.1, 0.15) is 11.4 Å². The first-order valence-corrected chi connectivity index (χ1v) is 5.44. The quantitative estimate of drug-likeness (QED) is 0.542. The minimum Gasteiger partial charge on any atom is -0.497 e. The molecule has 6 heteroatoms. The van der Waals surface area contributed by atoms with Crippen LogP contribution >= 0.6 is 0 Å². The van der Waals surface area contributed by atoms with Crippen molar-refractivity contribution in [3.05, 3.63) is 23.8 Å². The Balaban J connectivity index is 2.73. The van der Waals surface area contributed by atoms with Crippen LogP contribution in [0.2, 0.25) is 0 Å². The number of carbonyl (C=O) groups is 1. The number of carbonyl (C=O) groups excluding carboxylic acids is 1. The molecule has 0 aliphatic rings. The van der Waals surface area contributed by atoms with Gasteiger partial charge in [-0.05, 0) is 19.1 Å². The van der Waals surface area contributed by atoms with E-state index in [4.69, 9.17) is 15.6 Å². The number of methoxy groups -OCH3 is 1. The van der Waals surface area contributed by atoms with Crippen LogP contribution in [0.4, 0.5) is 5.69 Å². The van der Waals surface area contributed by atoms with Gasteiger partial charge >= 0.3 is 0 Å². The Morgan fingerprint density at radius 3 is 2.72 bits per heavy atom. The fraction of sp³-hybridized carbons (Fsp3) is 0.417. The standard InChI is InChI=1S/C12H18N2O4/c1-12(17,7-15)6-14-11(16)9-4-3-8(18-2)5-10(9)13/h3-5,15,17H,6-7,13H2,1-2H3,(H,14,16). The maximum atomic E-state index is 11.8. The minimum atomic E-state index is -1.35. The highest BCUT2D eigenvalue weighted by Gasteiger charge is 2.20. The number of aliphatic hydroxyl groups is 2. The highest BCUT2D eigenvalue weighted by molar-refractivity contribution is 5.99. The molecular weight excluding hydrogens is 236 g/mol. The monoisotopic (exact) mass is 254 g/mol. The van der Waals surface area contributed by atoms with Crippen LogP contribution in [0.5, 0.6) is 5.75 Å². The van der Waals surface area contributed by atoms with Gasteiger partial charge in [0, 0.05) is 18.3 Å². The molecule has 0 heterocycles. The van der Waals surface area contributed by atoms with Gasteiger partial charge in [-0.2, -0.15) is 0 Å². The van der Waals surface area contributed by atoms with Crippen LogP contribution in [0.15, 0.2) is 18.2 Å². The normalized spacial score (nSPS) is 13.8. The molecule has 0 aromatic heterocycles. The van der Waals surface area contributed by atoms with Crippen LogP contribution in [0.25, 0.3) is 0 Å². The van der Waals surface area contributed by atoms with E-state index in [1.54, 1.807) is 12.1 Å². The number of nitrogens with two attached hydrogens (primary N) is 1. The first kappa shape index (κ1) is 14.3. The highest BCUT2D eigenvalue weighted by Crippen LogP contribution is 2.19. The molecular formula is C12H18N2O4. The molecule has 0 radical (unpaired) electrons. The molecule has 0 fully saturated rings. The zero-order chi connectivity index (χ0) is 13.8. The van der Waals surface area contributed by atoms with Gasteiger partial charge in [0.25, 0.3) is 5.91 Å². The number of hydrogen-bond donors (Lipinski definition) is 4. The fourth-order valence-electron chi connectivity index (χ4n) is 1.30. The number of nitrogen functional groups attached to an aromatic ring is 1. The van der Waals surface area contributed by atoms with E-state index in [2.05, 4.69) is 5.32 Å². The third kappa shape index (κ3) is 3.61. The van der Waals surface area contributed by atoms with Gasteiger partial charge in [0.05, 0.1) is 19.3 Å². The largest absolute Gasteiger partial charge is 0.497 e. The highest BCUT2D eigenvalue weighted by atomic mass is 16.5. The summed E-state index contributed by atoms with van der Waals surface area (Å²) in [6, 6.07) is 4.70. The van der Waals surface area contributed by atoms with Gasteiger partial charge in [0.15, 0.2) is 0 Å². The summed E-state index contributed by atoms with van der Waals surface area (Å²) in [6.45, 7) is 0.920. The van der Waals surface area contributed by atoms with Crippen LogP contribution in [-0.4, -0.2) is 42.0 Å². The number of anilines is 1. The van der Waals surface area contributed by atoms with Gasteiger partial charge in [-0.25, -0.2) is 0 Å². The van der Waals surface area contributed by atoms with Crippen LogP contribution in [0.1, 0.15) is 17.3 Å². The van der Waals surface area contributed by atoms with Crippen molar-refractivity contribution >= 4 is 11.6 Å². The summed E-state index contributed by atoms with van der Waals surface area (Å²) in [5, 5.41) is 20.9. The van der Waals surface area contributed by atoms with Crippen molar-refractivity contribution in [2.45, 2.75) is 12.5 Å². The second-order valence-corrected chi connectivity index (χ2v) is 4.29. The van der Waals surface area contributed by atoms with E-state index >= 15 is 0 Å². The Morgan fingerprint density at radius 2 is 2.22 bits per heavy atom. The first-order chi connectivity index (χ1) is 8.39. The summed E-state index contributed by atoms with van der Waals surface area (Å²) in [6.07, 6.45) is 0. The zero-order valence-corrected chi connectivity index (χ0v) is 10.4. The van der Waals surface area contributed by atoms with Gasteiger partial charge in [-0.1, -0.05) is 0 Å². The lowest BCUT2D eigenvalue weighted by molar-refractivity contribution is 0.00321. The fourth-order valence-corrected chi connectivity index (χ4v) is 1.30. The number of amides is 1. The van der Waals surface area contributed by atoms with Crippen molar-refractivity contribution in [3.8, 4) is 5.75 Å². The van der Waals surface area contributed by atoms with Gasteiger partial charge in [-0.15, -0.1) is 0 Å². The Labute approximate surface area is 105 Å². The minimum absolute atomic E-state index is 0.0617. The summed E-state index contributed by atoms with van der Waals surface area (Å²) in [5.41, 5.74) is 4.95. The molecule has 1 amide bonds. The molecule has 6 nitrogen and oxygen atoms in total. The van der Waals surface area contributed by atoms with Crippen molar-refractivity contribution in [1.82, 2.24) is 5.32 Å². The molecule has 1 atom stereocenters. The molecule has 100 valence electrons. The maximum absolute atomic E-state index is 11.8. The van der Waals surface area contributed by atoms with E-state index in [1.165, 1.54) is 20.1 Å². The van der Waals surface area contributed by atoms with E-state index in [-0.39, 0.29) is 12.2 Å². The Morgan fingerprint density at radius 1 is 1.56 bits per heavy atom. The molecule has 1 aromatic carbocycles. The Hall–Kier alpha value is -1.79. The second kappa shape index (κ2) is 5.70. The molecule has 0 bridgehead atoms. The summed E-state index contributed by atoms with van der Waals surface area (Å²) < 4.78 is 4.98. The Kier molecular flexibility index (Phi) is 4.52. The molecule has 1 unspecified atom stereocenters. The third-order valence-electron chi connectivity index (χ3n) is 2.47. The number of aliphatic hydroxyl groups excluding tert-OH is 1. The van der Waals surface area contributed by atoms with Crippen molar-refractivity contribution < 1.29 is 19.7 Å². The van der Waals surface area contributed by atoms with Crippen molar-refractivity contribution in [2.75, 3.05) is 26.0 Å². The van der Waals surface area contributed by atoms with E-state index in [0.29, 0.717) is 11.3 Å². The molecule has 1 rings (SSSR count). The number of nitrogens with one attached hydrogen (secondary N) is 1. The number of rotatable bonds is 5. The van der Waals surface area contributed by atoms with Crippen LogP contribution in [0, 0.1) is 0 Å². The van der Waals surface area contributed by atoms with E-state index in [0.717, 1.165) is 0 Å². The van der Waals surface area contributed by atoms with E-state index in [1.807, 2.05) is 0 Å². The summed E-state index contributed by atoms with van der Waals surface area (Å²) in [7, 11) is 1.51. The van der Waals surface area contributed by atoms with Gasteiger partial charge in [-0.3, -0.25) is 4.79 Å². The molecule has 0 saturated heterocycles. The molecule has 0 aliphatic carbocycles. The van der Waals surface area contributed by atoms with Crippen molar-refractivity contribution in [3.63, 3.8) is 0 Å². The lowest BCUT2D eigenvalue weighted by Crippen LogP contribution is -2.43. The lowest BCUT2D eigenvalue weighted by Gasteiger charge is -2.20. The number of ether oxygens (including phenoxy) is 1. The topological polar surface area (TPSA) is 105 Å². The van der Waals surface area contributed by atoms with Gasteiger partial charge in [0.2, 0.25) is 0 Å². The molecule has 1 aromatic rings. The number of hydrogen-bond acceptors (Lipinski definition) is 5. The Bertz CT molecular complexity index is 432. The second-order valence-electron chi connectivity index (χ2n) is 4.29. The summed E-state index contributed by atoms with van der Waals surface area (Å²) in [4.78, 5) is 11.8. The SMILES string of the molecule is COc1ccc(C(=O)NCC(C)(O)CO)c(N)c1. The van der Waals surface area contributed by atoms with Crippen molar-refractivity contribution in [2.24, 2.45) is 0 Å². The number of benzene rings is 1.